The summed E-state index contributed by atoms with van der Waals surface area (Å²) < 4.78 is 0. The fraction of sp³-hybridized carbons (Fsp3) is 0.571. The minimum absolute atomic E-state index is 0.628. The summed E-state index contributed by atoms with van der Waals surface area (Å²) in [4.78, 5) is 2.15. The molecule has 2 heteroatoms. The summed E-state index contributed by atoms with van der Waals surface area (Å²) in [6.45, 7) is 10.5. The third kappa shape index (κ3) is 2.83. The lowest BCUT2D eigenvalue weighted by molar-refractivity contribution is 0.348. The van der Waals surface area contributed by atoms with E-state index in [4.69, 9.17) is 5.73 Å². The molecule has 0 bridgehead atoms. The van der Waals surface area contributed by atoms with Crippen molar-refractivity contribution in [2.75, 3.05) is 20.3 Å². The molecule has 0 heterocycles. The third-order valence-electron chi connectivity index (χ3n) is 3.58. The first-order valence-corrected chi connectivity index (χ1v) is 5.92. The zero-order valence-electron chi connectivity index (χ0n) is 11.2. The van der Waals surface area contributed by atoms with Gasteiger partial charge in [0.15, 0.2) is 0 Å². The maximum atomic E-state index is 5.60. The molecule has 0 radical (unpaired) electrons. The van der Waals surface area contributed by atoms with Crippen LogP contribution in [-0.2, 0) is 6.42 Å². The molecule has 1 aromatic carbocycles. The van der Waals surface area contributed by atoms with Gasteiger partial charge in [-0.15, -0.1) is 0 Å². The number of benzene rings is 1. The van der Waals surface area contributed by atoms with Crippen LogP contribution in [0.1, 0.15) is 27.8 Å². The van der Waals surface area contributed by atoms with Crippen molar-refractivity contribution in [2.45, 2.75) is 34.1 Å². The first-order chi connectivity index (χ1) is 7.47. The zero-order chi connectivity index (χ0) is 12.3. The molecule has 0 saturated carbocycles. The van der Waals surface area contributed by atoms with E-state index >= 15 is 0 Å². The van der Waals surface area contributed by atoms with Crippen molar-refractivity contribution < 1.29 is 0 Å². The summed E-state index contributed by atoms with van der Waals surface area (Å²) in [6.07, 6.45) is 1.09. The molecule has 1 rings (SSSR count). The van der Waals surface area contributed by atoms with Gasteiger partial charge in [-0.3, -0.25) is 4.90 Å². The maximum Gasteiger partial charge on any atom is 0.0452 e. The van der Waals surface area contributed by atoms with Gasteiger partial charge < -0.3 is 5.73 Å². The van der Waals surface area contributed by atoms with Crippen LogP contribution in [0, 0.1) is 27.7 Å². The first kappa shape index (κ1) is 13.2. The van der Waals surface area contributed by atoms with Crippen LogP contribution in [0.4, 0.5) is 0 Å². The van der Waals surface area contributed by atoms with Crippen LogP contribution in [0.3, 0.4) is 0 Å². The standard InChI is InChI=1S/C14H24N2/c1-10-8-11(2)13(4)14(12(10)3)6-7-16(5)9-15/h8H,6-7,9,15H2,1-5H3. The van der Waals surface area contributed by atoms with E-state index < -0.39 is 0 Å². The number of likely N-dealkylation sites (N-methyl/N-ethyl adjacent to an activating group) is 1. The Morgan fingerprint density at radius 2 is 1.56 bits per heavy atom. The van der Waals surface area contributed by atoms with Gasteiger partial charge in [-0.25, -0.2) is 0 Å². The Kier molecular flexibility index (Phi) is 4.51. The predicted molar refractivity (Wildman–Crippen MR) is 70.8 cm³/mol. The van der Waals surface area contributed by atoms with Crippen LogP contribution < -0.4 is 5.73 Å². The van der Waals surface area contributed by atoms with E-state index in [9.17, 15) is 0 Å². The summed E-state index contributed by atoms with van der Waals surface area (Å²) in [7, 11) is 2.06. The van der Waals surface area contributed by atoms with Gasteiger partial charge in [-0.1, -0.05) is 6.07 Å². The molecule has 0 aliphatic heterocycles. The number of nitrogens with two attached hydrogens (primary N) is 1. The Labute approximate surface area is 99.5 Å². The molecule has 0 aliphatic rings. The van der Waals surface area contributed by atoms with Crippen LogP contribution >= 0.6 is 0 Å². The van der Waals surface area contributed by atoms with Crippen molar-refractivity contribution in [2.24, 2.45) is 5.73 Å². The van der Waals surface area contributed by atoms with E-state index in [2.05, 4.69) is 45.7 Å². The number of hydrogen-bond donors (Lipinski definition) is 1. The quantitative estimate of drug-likeness (QED) is 0.789. The molecule has 1 aromatic rings. The van der Waals surface area contributed by atoms with Crippen LogP contribution in [0.5, 0.6) is 0 Å². The largest absolute Gasteiger partial charge is 0.318 e. The van der Waals surface area contributed by atoms with Gasteiger partial charge in [0, 0.05) is 13.2 Å². The smallest absolute Gasteiger partial charge is 0.0452 e. The lowest BCUT2D eigenvalue weighted by Gasteiger charge is -2.18. The minimum atomic E-state index is 0.628. The molecule has 2 N–H and O–H groups in total. The lowest BCUT2D eigenvalue weighted by atomic mass is 9.92. The second-order valence-electron chi connectivity index (χ2n) is 4.75. The van der Waals surface area contributed by atoms with Crippen molar-refractivity contribution in [3.8, 4) is 0 Å². The highest BCUT2D eigenvalue weighted by Crippen LogP contribution is 2.22. The van der Waals surface area contributed by atoms with Crippen molar-refractivity contribution in [1.29, 1.82) is 0 Å². The normalized spacial score (nSPS) is 11.2. The third-order valence-corrected chi connectivity index (χ3v) is 3.58. The molecule has 0 amide bonds. The minimum Gasteiger partial charge on any atom is -0.318 e. The molecule has 0 aliphatic carbocycles. The second kappa shape index (κ2) is 5.46. The molecule has 2 nitrogen and oxygen atoms in total. The fourth-order valence-electron chi connectivity index (χ4n) is 2.07. The highest BCUT2D eigenvalue weighted by atomic mass is 15.1. The van der Waals surface area contributed by atoms with Gasteiger partial charge >= 0.3 is 0 Å². The highest BCUT2D eigenvalue weighted by molar-refractivity contribution is 5.44. The Morgan fingerprint density at radius 3 is 2.00 bits per heavy atom. The number of rotatable bonds is 4. The van der Waals surface area contributed by atoms with E-state index in [1.54, 1.807) is 0 Å². The Morgan fingerprint density at radius 1 is 1.06 bits per heavy atom. The van der Waals surface area contributed by atoms with Gasteiger partial charge in [0.05, 0.1) is 0 Å². The lowest BCUT2D eigenvalue weighted by Crippen LogP contribution is -2.28. The second-order valence-corrected chi connectivity index (χ2v) is 4.75. The van der Waals surface area contributed by atoms with Crippen LogP contribution in [0.2, 0.25) is 0 Å². The van der Waals surface area contributed by atoms with Crippen molar-refractivity contribution in [3.05, 3.63) is 33.9 Å². The van der Waals surface area contributed by atoms with Crippen molar-refractivity contribution >= 4 is 0 Å². The van der Waals surface area contributed by atoms with Gasteiger partial charge in [0.25, 0.3) is 0 Å². The molecule has 0 saturated heterocycles. The first-order valence-electron chi connectivity index (χ1n) is 5.92. The summed E-state index contributed by atoms with van der Waals surface area (Å²) >= 11 is 0. The monoisotopic (exact) mass is 220 g/mol. The fourth-order valence-corrected chi connectivity index (χ4v) is 2.07. The average molecular weight is 220 g/mol. The molecule has 0 atom stereocenters. The maximum absolute atomic E-state index is 5.60. The molecule has 0 fully saturated rings. The Bertz CT molecular complexity index is 343. The van der Waals surface area contributed by atoms with E-state index in [-0.39, 0.29) is 0 Å². The van der Waals surface area contributed by atoms with Gasteiger partial charge in [0.2, 0.25) is 0 Å². The summed E-state index contributed by atoms with van der Waals surface area (Å²) in [5.41, 5.74) is 12.8. The SMILES string of the molecule is Cc1cc(C)c(C)c(CCN(C)CN)c1C. The summed E-state index contributed by atoms with van der Waals surface area (Å²) in [5, 5.41) is 0. The number of nitrogens with zero attached hydrogens (tertiary/aromatic N) is 1. The van der Waals surface area contributed by atoms with Gasteiger partial charge in [0.1, 0.15) is 0 Å². The zero-order valence-corrected chi connectivity index (χ0v) is 11.2. The van der Waals surface area contributed by atoms with Crippen LogP contribution in [0.15, 0.2) is 6.07 Å². The number of aryl methyl sites for hydroxylation is 2. The van der Waals surface area contributed by atoms with Crippen molar-refractivity contribution in [3.63, 3.8) is 0 Å². The Balaban J connectivity index is 2.94. The topological polar surface area (TPSA) is 29.3 Å². The van der Waals surface area contributed by atoms with Gasteiger partial charge in [-0.2, -0.15) is 0 Å². The van der Waals surface area contributed by atoms with Crippen LogP contribution in [-0.4, -0.2) is 25.2 Å². The van der Waals surface area contributed by atoms with Gasteiger partial charge in [-0.05, 0) is 69.0 Å². The van der Waals surface area contributed by atoms with Crippen molar-refractivity contribution in [1.82, 2.24) is 4.90 Å². The summed E-state index contributed by atoms with van der Waals surface area (Å²) in [5.74, 6) is 0. The molecule has 90 valence electrons. The summed E-state index contributed by atoms with van der Waals surface area (Å²) in [6, 6.07) is 2.28. The molecular weight excluding hydrogens is 196 g/mol. The molecule has 16 heavy (non-hydrogen) atoms. The van der Waals surface area contributed by atoms with E-state index in [0.717, 1.165) is 13.0 Å². The van der Waals surface area contributed by atoms with E-state index in [1.807, 2.05) is 0 Å². The van der Waals surface area contributed by atoms with Crippen LogP contribution in [0.25, 0.3) is 0 Å². The van der Waals surface area contributed by atoms with E-state index in [1.165, 1.54) is 27.8 Å². The molecule has 0 spiro atoms. The highest BCUT2D eigenvalue weighted by Gasteiger charge is 2.08. The molecule has 0 unspecified atom stereocenters. The Hall–Kier alpha value is -0.860. The predicted octanol–water partition coefficient (Wildman–Crippen LogP) is 2.31. The number of hydrogen-bond acceptors (Lipinski definition) is 2. The molecule has 0 aromatic heterocycles. The average Bonchev–Trinajstić information content (AvgIpc) is 2.26. The van der Waals surface area contributed by atoms with E-state index in [0.29, 0.717) is 6.67 Å². The molecular formula is C14H24N2.